The molecule has 4 heteroatoms. The Labute approximate surface area is 117 Å². The lowest BCUT2D eigenvalue weighted by atomic mass is 10.1. The zero-order valence-corrected chi connectivity index (χ0v) is 12.0. The molecule has 3 nitrogen and oxygen atoms in total. The second-order valence-corrected chi connectivity index (χ2v) is 6.29. The monoisotopic (exact) mass is 274 g/mol. The Balaban J connectivity index is 1.85. The first kappa shape index (κ1) is 12.5. The fourth-order valence-electron chi connectivity index (χ4n) is 2.02. The highest BCUT2D eigenvalue weighted by atomic mass is 32.1. The van der Waals surface area contributed by atoms with Gasteiger partial charge in [0.2, 0.25) is 0 Å². The molecule has 2 N–H and O–H groups in total. The minimum atomic E-state index is 0.191. The van der Waals surface area contributed by atoms with Gasteiger partial charge in [-0.05, 0) is 51.0 Å². The topological polar surface area (TPSA) is 48.1 Å². The van der Waals surface area contributed by atoms with E-state index in [1.54, 1.807) is 11.3 Å². The SMILES string of the molecule is CC(C)Oc1ccc(-c2nc(C3CC3)sc2N)cc1. The molecule has 19 heavy (non-hydrogen) atoms. The molecular formula is C15H18N2OS. The number of ether oxygens (including phenoxy) is 1. The van der Waals surface area contributed by atoms with Crippen LogP contribution in [-0.4, -0.2) is 11.1 Å². The van der Waals surface area contributed by atoms with Crippen molar-refractivity contribution in [2.24, 2.45) is 0 Å². The van der Waals surface area contributed by atoms with Crippen LogP contribution in [0.25, 0.3) is 11.3 Å². The molecule has 0 bridgehead atoms. The van der Waals surface area contributed by atoms with Crippen molar-refractivity contribution in [2.75, 3.05) is 5.73 Å². The Morgan fingerprint density at radius 1 is 1.26 bits per heavy atom. The van der Waals surface area contributed by atoms with Gasteiger partial charge in [0, 0.05) is 11.5 Å². The first-order chi connectivity index (χ1) is 9.13. The first-order valence-electron chi connectivity index (χ1n) is 6.67. The van der Waals surface area contributed by atoms with Gasteiger partial charge >= 0.3 is 0 Å². The van der Waals surface area contributed by atoms with Crippen LogP contribution in [0.1, 0.15) is 37.6 Å². The van der Waals surface area contributed by atoms with E-state index in [0.29, 0.717) is 5.92 Å². The minimum absolute atomic E-state index is 0.191. The van der Waals surface area contributed by atoms with Gasteiger partial charge in [-0.3, -0.25) is 0 Å². The molecule has 0 radical (unpaired) electrons. The van der Waals surface area contributed by atoms with Gasteiger partial charge in [-0.1, -0.05) is 0 Å². The van der Waals surface area contributed by atoms with E-state index in [4.69, 9.17) is 10.5 Å². The number of thiazole rings is 1. The molecule has 0 aliphatic heterocycles. The van der Waals surface area contributed by atoms with Crippen molar-refractivity contribution in [3.63, 3.8) is 0 Å². The van der Waals surface area contributed by atoms with Gasteiger partial charge in [0.15, 0.2) is 0 Å². The molecule has 1 aromatic carbocycles. The molecule has 0 spiro atoms. The van der Waals surface area contributed by atoms with Crippen molar-refractivity contribution in [1.82, 2.24) is 4.98 Å². The molecule has 1 fully saturated rings. The van der Waals surface area contributed by atoms with Gasteiger partial charge in [0.05, 0.1) is 11.1 Å². The quantitative estimate of drug-likeness (QED) is 0.914. The molecule has 0 atom stereocenters. The maximum Gasteiger partial charge on any atom is 0.119 e. The number of aromatic nitrogens is 1. The average Bonchev–Trinajstić information content (AvgIpc) is 3.14. The van der Waals surface area contributed by atoms with Crippen LogP contribution >= 0.6 is 11.3 Å². The third-order valence-corrected chi connectivity index (χ3v) is 4.14. The lowest BCUT2D eigenvalue weighted by Gasteiger charge is -2.09. The summed E-state index contributed by atoms with van der Waals surface area (Å²) in [6, 6.07) is 8.01. The van der Waals surface area contributed by atoms with E-state index < -0.39 is 0 Å². The van der Waals surface area contributed by atoms with Gasteiger partial charge in [-0.15, -0.1) is 11.3 Å². The van der Waals surface area contributed by atoms with Gasteiger partial charge in [-0.25, -0.2) is 4.98 Å². The van der Waals surface area contributed by atoms with Crippen LogP contribution < -0.4 is 10.5 Å². The number of hydrogen-bond acceptors (Lipinski definition) is 4. The lowest BCUT2D eigenvalue weighted by molar-refractivity contribution is 0.242. The molecule has 1 heterocycles. The standard InChI is InChI=1S/C15H18N2OS/c1-9(2)18-12-7-5-10(6-8-12)13-14(16)19-15(17-13)11-3-4-11/h5-9,11H,3-4,16H2,1-2H3. The highest BCUT2D eigenvalue weighted by Gasteiger charge is 2.28. The van der Waals surface area contributed by atoms with E-state index in [1.165, 1.54) is 17.8 Å². The van der Waals surface area contributed by atoms with E-state index in [9.17, 15) is 0 Å². The summed E-state index contributed by atoms with van der Waals surface area (Å²) in [5, 5.41) is 2.01. The zero-order chi connectivity index (χ0) is 13.4. The third kappa shape index (κ3) is 2.73. The Morgan fingerprint density at radius 2 is 1.95 bits per heavy atom. The van der Waals surface area contributed by atoms with Crippen LogP contribution in [0.5, 0.6) is 5.75 Å². The number of nitrogens with zero attached hydrogens (tertiary/aromatic N) is 1. The van der Waals surface area contributed by atoms with E-state index in [0.717, 1.165) is 22.0 Å². The van der Waals surface area contributed by atoms with Crippen molar-refractivity contribution in [2.45, 2.75) is 38.7 Å². The van der Waals surface area contributed by atoms with Gasteiger partial charge in [-0.2, -0.15) is 0 Å². The zero-order valence-electron chi connectivity index (χ0n) is 11.2. The number of hydrogen-bond donors (Lipinski definition) is 1. The summed E-state index contributed by atoms with van der Waals surface area (Å²) < 4.78 is 5.64. The molecule has 1 saturated carbocycles. The largest absolute Gasteiger partial charge is 0.491 e. The lowest BCUT2D eigenvalue weighted by Crippen LogP contribution is -2.05. The van der Waals surface area contributed by atoms with E-state index in [2.05, 4.69) is 4.98 Å². The number of anilines is 1. The van der Waals surface area contributed by atoms with Crippen molar-refractivity contribution < 1.29 is 4.74 Å². The smallest absolute Gasteiger partial charge is 0.119 e. The summed E-state index contributed by atoms with van der Waals surface area (Å²) in [6.45, 7) is 4.04. The molecule has 1 aromatic heterocycles. The second kappa shape index (κ2) is 4.85. The van der Waals surface area contributed by atoms with Crippen LogP contribution in [0.4, 0.5) is 5.00 Å². The third-order valence-electron chi connectivity index (χ3n) is 3.10. The normalized spacial score (nSPS) is 14.9. The molecule has 0 amide bonds. The molecule has 0 unspecified atom stereocenters. The van der Waals surface area contributed by atoms with Gasteiger partial charge < -0.3 is 10.5 Å². The van der Waals surface area contributed by atoms with E-state index in [-0.39, 0.29) is 6.10 Å². The predicted octanol–water partition coefficient (Wildman–Crippen LogP) is 4.06. The van der Waals surface area contributed by atoms with Crippen LogP contribution in [0, 0.1) is 0 Å². The van der Waals surface area contributed by atoms with Crippen LogP contribution in [0.15, 0.2) is 24.3 Å². The number of benzene rings is 1. The summed E-state index contributed by atoms with van der Waals surface area (Å²) in [7, 11) is 0. The second-order valence-electron chi connectivity index (χ2n) is 5.23. The maximum atomic E-state index is 6.08. The molecule has 1 aliphatic carbocycles. The van der Waals surface area contributed by atoms with Crippen molar-refractivity contribution in [1.29, 1.82) is 0 Å². The van der Waals surface area contributed by atoms with Crippen molar-refractivity contribution in [3.05, 3.63) is 29.3 Å². The molecule has 1 aliphatic rings. The van der Waals surface area contributed by atoms with Crippen LogP contribution in [-0.2, 0) is 0 Å². The first-order valence-corrected chi connectivity index (χ1v) is 7.48. The summed E-state index contributed by atoms with van der Waals surface area (Å²) >= 11 is 1.63. The predicted molar refractivity (Wildman–Crippen MR) is 79.7 cm³/mol. The fourth-order valence-corrected chi connectivity index (χ4v) is 3.05. The Morgan fingerprint density at radius 3 is 2.53 bits per heavy atom. The van der Waals surface area contributed by atoms with Gasteiger partial charge in [0.25, 0.3) is 0 Å². The summed E-state index contributed by atoms with van der Waals surface area (Å²) in [5.74, 6) is 1.54. The highest BCUT2D eigenvalue weighted by Crippen LogP contribution is 2.45. The summed E-state index contributed by atoms with van der Waals surface area (Å²) in [5.41, 5.74) is 8.07. The van der Waals surface area contributed by atoms with Crippen molar-refractivity contribution >= 4 is 16.3 Å². The number of rotatable bonds is 4. The molecule has 100 valence electrons. The Kier molecular flexibility index (Phi) is 3.19. The number of nitrogen functional groups attached to an aromatic ring is 1. The Hall–Kier alpha value is -1.55. The summed E-state index contributed by atoms with van der Waals surface area (Å²) in [6.07, 6.45) is 2.71. The Bertz CT molecular complexity index is 570. The van der Waals surface area contributed by atoms with Crippen LogP contribution in [0.2, 0.25) is 0 Å². The molecule has 0 saturated heterocycles. The fraction of sp³-hybridized carbons (Fsp3) is 0.400. The highest BCUT2D eigenvalue weighted by molar-refractivity contribution is 7.16. The minimum Gasteiger partial charge on any atom is -0.491 e. The number of nitrogens with two attached hydrogens (primary N) is 1. The van der Waals surface area contributed by atoms with E-state index in [1.807, 2.05) is 38.1 Å². The molecular weight excluding hydrogens is 256 g/mol. The van der Waals surface area contributed by atoms with Crippen molar-refractivity contribution in [3.8, 4) is 17.0 Å². The van der Waals surface area contributed by atoms with E-state index >= 15 is 0 Å². The average molecular weight is 274 g/mol. The maximum absolute atomic E-state index is 6.08. The van der Waals surface area contributed by atoms with Gasteiger partial charge in [0.1, 0.15) is 16.4 Å². The van der Waals surface area contributed by atoms with Crippen LogP contribution in [0.3, 0.4) is 0 Å². The molecule has 3 rings (SSSR count). The summed E-state index contributed by atoms with van der Waals surface area (Å²) in [4.78, 5) is 4.69. The molecule has 2 aromatic rings.